The van der Waals surface area contributed by atoms with Crippen LogP contribution in [-0.2, 0) is 24.1 Å². The molecule has 3 aromatic rings. The monoisotopic (exact) mass is 446 g/mol. The van der Waals surface area contributed by atoms with Crippen molar-refractivity contribution in [1.82, 2.24) is 9.88 Å². The fourth-order valence-electron chi connectivity index (χ4n) is 2.75. The van der Waals surface area contributed by atoms with Crippen LogP contribution in [-0.4, -0.2) is 22.8 Å². The first-order chi connectivity index (χ1) is 14.7. The summed E-state index contributed by atoms with van der Waals surface area (Å²) in [5, 5.41) is 2.95. The summed E-state index contributed by atoms with van der Waals surface area (Å²) in [6.07, 6.45) is -1.26. The van der Waals surface area contributed by atoms with E-state index in [-0.39, 0.29) is 12.5 Å². The molecular formula is C23H21F3N2O2S. The van der Waals surface area contributed by atoms with Crippen molar-refractivity contribution in [2.24, 2.45) is 0 Å². The highest BCUT2D eigenvalue weighted by atomic mass is 32.1. The molecule has 0 bridgehead atoms. The molecule has 2 aromatic carbocycles. The Morgan fingerprint density at radius 3 is 2.39 bits per heavy atom. The van der Waals surface area contributed by atoms with E-state index in [4.69, 9.17) is 4.74 Å². The Morgan fingerprint density at radius 2 is 1.81 bits per heavy atom. The quantitative estimate of drug-likeness (QED) is 0.436. The number of alkyl halides is 3. The minimum atomic E-state index is -4.37. The van der Waals surface area contributed by atoms with Crippen molar-refractivity contribution in [2.75, 3.05) is 7.05 Å². The van der Waals surface area contributed by atoms with Crippen LogP contribution in [0.2, 0.25) is 0 Å². The molecular weight excluding hydrogens is 425 g/mol. The number of rotatable bonds is 7. The molecule has 1 aromatic heterocycles. The third kappa shape index (κ3) is 6.68. The molecule has 8 heteroatoms. The van der Waals surface area contributed by atoms with E-state index in [1.165, 1.54) is 23.1 Å². The van der Waals surface area contributed by atoms with Gasteiger partial charge in [-0.1, -0.05) is 24.3 Å². The summed E-state index contributed by atoms with van der Waals surface area (Å²) in [7, 11) is 1.60. The molecule has 0 fully saturated rings. The Labute approximate surface area is 182 Å². The first kappa shape index (κ1) is 22.6. The summed E-state index contributed by atoms with van der Waals surface area (Å²) in [4.78, 5) is 18.1. The molecule has 0 aliphatic heterocycles. The number of nitrogens with zero attached hydrogens (tertiary/aromatic N) is 2. The normalized spacial score (nSPS) is 11.6. The van der Waals surface area contributed by atoms with Gasteiger partial charge < -0.3 is 9.64 Å². The van der Waals surface area contributed by atoms with E-state index in [9.17, 15) is 18.0 Å². The summed E-state index contributed by atoms with van der Waals surface area (Å²) in [6, 6.07) is 12.1. The van der Waals surface area contributed by atoms with Crippen LogP contribution in [0.4, 0.5) is 13.2 Å². The van der Waals surface area contributed by atoms with Gasteiger partial charge in [0.25, 0.3) is 0 Å². The van der Waals surface area contributed by atoms with Gasteiger partial charge in [0.15, 0.2) is 0 Å². The average molecular weight is 446 g/mol. The van der Waals surface area contributed by atoms with E-state index in [1.807, 2.05) is 36.6 Å². The third-order valence-electron chi connectivity index (χ3n) is 4.43. The van der Waals surface area contributed by atoms with Crippen LogP contribution in [0.25, 0.3) is 6.08 Å². The highest BCUT2D eigenvalue weighted by Crippen LogP contribution is 2.29. The second-order valence-electron chi connectivity index (χ2n) is 6.94. The first-order valence-electron chi connectivity index (χ1n) is 9.44. The number of amides is 1. The van der Waals surface area contributed by atoms with Crippen LogP contribution in [0.1, 0.15) is 27.4 Å². The number of aromatic nitrogens is 1. The van der Waals surface area contributed by atoms with E-state index in [1.54, 1.807) is 24.5 Å². The van der Waals surface area contributed by atoms with Gasteiger partial charge in [0.1, 0.15) is 12.4 Å². The molecule has 3 rings (SSSR count). The molecule has 0 unspecified atom stereocenters. The molecule has 0 atom stereocenters. The predicted octanol–water partition coefficient (Wildman–Crippen LogP) is 5.72. The van der Waals surface area contributed by atoms with Crippen molar-refractivity contribution in [3.8, 4) is 5.75 Å². The molecule has 0 aliphatic carbocycles. The highest BCUT2D eigenvalue weighted by molar-refractivity contribution is 7.09. The zero-order chi connectivity index (χ0) is 22.4. The number of carbonyl (C=O) groups excluding carboxylic acids is 1. The van der Waals surface area contributed by atoms with Gasteiger partial charge in [-0.3, -0.25) is 4.79 Å². The second kappa shape index (κ2) is 9.78. The number of ether oxygens (including phenoxy) is 1. The molecule has 0 N–H and O–H groups in total. The van der Waals surface area contributed by atoms with Gasteiger partial charge in [-0.25, -0.2) is 4.98 Å². The number of aryl methyl sites for hydroxylation is 1. The van der Waals surface area contributed by atoms with Gasteiger partial charge in [0.05, 0.1) is 16.3 Å². The standard InChI is InChI=1S/C23H21F3N2O2S/c1-16-27-20(15-31-16)14-30-21-10-5-17(6-11-21)7-12-22(29)28(2)13-18-3-8-19(9-4-18)23(24,25)26/h3-12,15H,13-14H2,1-2H3/b12-7+. The maximum absolute atomic E-state index is 12.6. The van der Waals surface area contributed by atoms with Gasteiger partial charge in [-0.15, -0.1) is 11.3 Å². The molecule has 4 nitrogen and oxygen atoms in total. The number of benzene rings is 2. The molecule has 1 heterocycles. The van der Waals surface area contributed by atoms with Crippen molar-refractivity contribution >= 4 is 23.3 Å². The summed E-state index contributed by atoms with van der Waals surface area (Å²) in [5.74, 6) is 0.452. The van der Waals surface area contributed by atoms with Crippen LogP contribution in [0, 0.1) is 6.92 Å². The van der Waals surface area contributed by atoms with Crippen molar-refractivity contribution < 1.29 is 22.7 Å². The van der Waals surface area contributed by atoms with Gasteiger partial charge in [-0.2, -0.15) is 13.2 Å². The largest absolute Gasteiger partial charge is 0.487 e. The molecule has 0 saturated heterocycles. The Hall–Kier alpha value is -3.13. The highest BCUT2D eigenvalue weighted by Gasteiger charge is 2.29. The summed E-state index contributed by atoms with van der Waals surface area (Å²) in [5.41, 5.74) is 1.62. The topological polar surface area (TPSA) is 42.4 Å². The van der Waals surface area contributed by atoms with Gasteiger partial charge in [0, 0.05) is 25.0 Å². The lowest BCUT2D eigenvalue weighted by atomic mass is 10.1. The first-order valence-corrected chi connectivity index (χ1v) is 10.3. The Kier molecular flexibility index (Phi) is 7.12. The van der Waals surface area contributed by atoms with Crippen molar-refractivity contribution in [3.05, 3.63) is 87.4 Å². The van der Waals surface area contributed by atoms with Gasteiger partial charge in [0.2, 0.25) is 5.91 Å². The van der Waals surface area contributed by atoms with Gasteiger partial charge >= 0.3 is 6.18 Å². The third-order valence-corrected chi connectivity index (χ3v) is 5.25. The number of carbonyl (C=O) groups is 1. The lowest BCUT2D eigenvalue weighted by Gasteiger charge is -2.16. The van der Waals surface area contributed by atoms with E-state index in [0.717, 1.165) is 28.4 Å². The molecule has 0 aliphatic rings. The minimum Gasteiger partial charge on any atom is -0.487 e. The number of hydrogen-bond acceptors (Lipinski definition) is 4. The number of hydrogen-bond donors (Lipinski definition) is 0. The molecule has 0 spiro atoms. The fraction of sp³-hybridized carbons (Fsp3) is 0.217. The Morgan fingerprint density at radius 1 is 1.13 bits per heavy atom. The molecule has 0 radical (unpaired) electrons. The smallest absolute Gasteiger partial charge is 0.416 e. The van der Waals surface area contributed by atoms with Crippen LogP contribution in [0.3, 0.4) is 0 Å². The SMILES string of the molecule is Cc1nc(COc2ccc(/C=C/C(=O)N(C)Cc3ccc(C(F)(F)F)cc3)cc2)cs1. The van der Waals surface area contributed by atoms with Crippen molar-refractivity contribution in [3.63, 3.8) is 0 Å². The maximum atomic E-state index is 12.6. The van der Waals surface area contributed by atoms with E-state index in [0.29, 0.717) is 17.9 Å². The molecule has 1 amide bonds. The Bertz CT molecular complexity index is 1040. The zero-order valence-corrected chi connectivity index (χ0v) is 17.8. The second-order valence-corrected chi connectivity index (χ2v) is 8.00. The molecule has 31 heavy (non-hydrogen) atoms. The molecule has 0 saturated carbocycles. The maximum Gasteiger partial charge on any atom is 0.416 e. The van der Waals surface area contributed by atoms with E-state index >= 15 is 0 Å². The van der Waals surface area contributed by atoms with Crippen LogP contribution in [0.15, 0.2) is 60.0 Å². The molecule has 162 valence electrons. The number of likely N-dealkylation sites (N-methyl/N-ethyl adjacent to an activating group) is 1. The summed E-state index contributed by atoms with van der Waals surface area (Å²) in [6.45, 7) is 2.55. The number of halogens is 3. The van der Waals surface area contributed by atoms with Crippen LogP contribution < -0.4 is 4.74 Å². The Balaban J connectivity index is 1.51. The number of thiazole rings is 1. The van der Waals surface area contributed by atoms with E-state index in [2.05, 4.69) is 4.98 Å². The fourth-order valence-corrected chi connectivity index (χ4v) is 3.35. The van der Waals surface area contributed by atoms with Gasteiger partial charge in [-0.05, 0) is 48.4 Å². The predicted molar refractivity (Wildman–Crippen MR) is 115 cm³/mol. The van der Waals surface area contributed by atoms with E-state index < -0.39 is 11.7 Å². The average Bonchev–Trinajstić information content (AvgIpc) is 3.16. The van der Waals surface area contributed by atoms with Crippen molar-refractivity contribution in [2.45, 2.75) is 26.3 Å². The van der Waals surface area contributed by atoms with Crippen LogP contribution >= 0.6 is 11.3 Å². The van der Waals surface area contributed by atoms with Crippen molar-refractivity contribution in [1.29, 1.82) is 0 Å². The summed E-state index contributed by atoms with van der Waals surface area (Å²) >= 11 is 1.57. The van der Waals surface area contributed by atoms with Crippen LogP contribution in [0.5, 0.6) is 5.75 Å². The summed E-state index contributed by atoms with van der Waals surface area (Å²) < 4.78 is 43.6. The lowest BCUT2D eigenvalue weighted by Crippen LogP contribution is -2.24. The minimum absolute atomic E-state index is 0.212. The zero-order valence-electron chi connectivity index (χ0n) is 17.0. The lowest BCUT2D eigenvalue weighted by molar-refractivity contribution is -0.137.